The summed E-state index contributed by atoms with van der Waals surface area (Å²) >= 11 is 0. The van der Waals surface area contributed by atoms with E-state index in [-0.39, 0.29) is 12.5 Å². The molecule has 1 amide bonds. The number of anilines is 1. The predicted molar refractivity (Wildman–Crippen MR) is 107 cm³/mol. The highest BCUT2D eigenvalue weighted by molar-refractivity contribution is 5.91. The van der Waals surface area contributed by atoms with Crippen molar-refractivity contribution in [3.63, 3.8) is 0 Å². The largest absolute Gasteiger partial charge is 0.493 e. The Morgan fingerprint density at radius 3 is 2.59 bits per heavy atom. The summed E-state index contributed by atoms with van der Waals surface area (Å²) in [5.74, 6) is 1.75. The molecule has 1 aliphatic heterocycles. The minimum Gasteiger partial charge on any atom is -0.493 e. The average Bonchev–Trinajstić information content (AvgIpc) is 2.68. The molecular weight excluding hydrogens is 340 g/mol. The van der Waals surface area contributed by atoms with E-state index in [0.29, 0.717) is 11.5 Å². The predicted octanol–water partition coefficient (Wildman–Crippen LogP) is 3.94. The van der Waals surface area contributed by atoms with Crippen molar-refractivity contribution in [2.24, 2.45) is 5.92 Å². The van der Waals surface area contributed by atoms with E-state index in [2.05, 4.69) is 29.3 Å². The molecular formula is C22H28N2O3. The van der Waals surface area contributed by atoms with Gasteiger partial charge >= 0.3 is 0 Å². The van der Waals surface area contributed by atoms with Gasteiger partial charge in [-0.15, -0.1) is 0 Å². The van der Waals surface area contributed by atoms with Crippen molar-refractivity contribution in [3.05, 3.63) is 54.1 Å². The number of piperidine rings is 1. The number of para-hydroxylation sites is 2. The summed E-state index contributed by atoms with van der Waals surface area (Å²) in [5.41, 5.74) is 2.05. The second-order valence-corrected chi connectivity index (χ2v) is 7.17. The molecule has 0 bridgehead atoms. The van der Waals surface area contributed by atoms with E-state index < -0.39 is 0 Å². The van der Waals surface area contributed by atoms with E-state index in [1.807, 2.05) is 24.3 Å². The van der Waals surface area contributed by atoms with Gasteiger partial charge in [-0.05, 0) is 55.1 Å². The summed E-state index contributed by atoms with van der Waals surface area (Å²) in [7, 11) is 1.58. The van der Waals surface area contributed by atoms with Crippen LogP contribution >= 0.6 is 0 Å². The molecule has 1 fully saturated rings. The zero-order valence-corrected chi connectivity index (χ0v) is 16.1. The first kappa shape index (κ1) is 19.2. The average molecular weight is 368 g/mol. The maximum absolute atomic E-state index is 12.1. The lowest BCUT2D eigenvalue weighted by molar-refractivity contribution is -0.118. The maximum atomic E-state index is 12.1. The monoisotopic (exact) mass is 368 g/mol. The Hall–Kier alpha value is -2.53. The molecule has 2 aromatic carbocycles. The molecule has 5 nitrogen and oxygen atoms in total. The molecule has 1 aliphatic rings. The SMILES string of the molecule is COc1ccccc1OCC(=O)Nc1ccc(CN2CCCC(C)C2)cc1. The molecule has 27 heavy (non-hydrogen) atoms. The lowest BCUT2D eigenvalue weighted by Crippen LogP contribution is -2.33. The number of rotatable bonds is 7. The van der Waals surface area contributed by atoms with Gasteiger partial charge in [-0.2, -0.15) is 0 Å². The molecule has 1 unspecified atom stereocenters. The van der Waals surface area contributed by atoms with Gasteiger partial charge in [0, 0.05) is 18.8 Å². The van der Waals surface area contributed by atoms with Crippen molar-refractivity contribution < 1.29 is 14.3 Å². The molecule has 1 saturated heterocycles. The molecule has 1 atom stereocenters. The van der Waals surface area contributed by atoms with Crippen molar-refractivity contribution in [1.82, 2.24) is 4.90 Å². The Morgan fingerprint density at radius 2 is 1.89 bits per heavy atom. The van der Waals surface area contributed by atoms with Crippen LogP contribution in [0.15, 0.2) is 48.5 Å². The number of ether oxygens (including phenoxy) is 2. The highest BCUT2D eigenvalue weighted by Crippen LogP contribution is 2.25. The second-order valence-electron chi connectivity index (χ2n) is 7.17. The number of hydrogen-bond donors (Lipinski definition) is 1. The molecule has 144 valence electrons. The Balaban J connectivity index is 1.48. The van der Waals surface area contributed by atoms with Crippen LogP contribution in [0.4, 0.5) is 5.69 Å². The molecule has 0 saturated carbocycles. The van der Waals surface area contributed by atoms with Crippen LogP contribution in [0.5, 0.6) is 11.5 Å². The standard InChI is InChI=1S/C22H28N2O3/c1-17-6-5-13-24(14-17)15-18-9-11-19(12-10-18)23-22(25)16-27-21-8-4-3-7-20(21)26-2/h3-4,7-12,17H,5-6,13-16H2,1-2H3,(H,23,25). The van der Waals surface area contributed by atoms with Gasteiger partial charge in [0.2, 0.25) is 0 Å². The lowest BCUT2D eigenvalue weighted by atomic mass is 10.00. The second kappa shape index (κ2) is 9.42. The minimum absolute atomic E-state index is 0.0617. The maximum Gasteiger partial charge on any atom is 0.262 e. The Kier molecular flexibility index (Phi) is 6.71. The molecule has 0 aromatic heterocycles. The Morgan fingerprint density at radius 1 is 1.15 bits per heavy atom. The smallest absolute Gasteiger partial charge is 0.262 e. The summed E-state index contributed by atoms with van der Waals surface area (Å²) in [6.45, 7) is 5.56. The molecule has 0 aliphatic carbocycles. The van der Waals surface area contributed by atoms with Crippen LogP contribution in [-0.2, 0) is 11.3 Å². The summed E-state index contributed by atoms with van der Waals surface area (Å²) in [6, 6.07) is 15.3. The lowest BCUT2D eigenvalue weighted by Gasteiger charge is -2.30. The number of benzene rings is 2. The highest BCUT2D eigenvalue weighted by Gasteiger charge is 2.16. The van der Waals surface area contributed by atoms with Crippen molar-refractivity contribution >= 4 is 11.6 Å². The first-order valence-corrected chi connectivity index (χ1v) is 9.51. The minimum atomic E-state index is -0.196. The number of methoxy groups -OCH3 is 1. The van der Waals surface area contributed by atoms with Crippen molar-refractivity contribution in [2.45, 2.75) is 26.3 Å². The quantitative estimate of drug-likeness (QED) is 0.804. The number of nitrogens with zero attached hydrogens (tertiary/aromatic N) is 1. The first-order chi connectivity index (χ1) is 13.1. The van der Waals surface area contributed by atoms with Gasteiger partial charge in [-0.3, -0.25) is 9.69 Å². The van der Waals surface area contributed by atoms with Crippen LogP contribution in [0, 0.1) is 5.92 Å². The van der Waals surface area contributed by atoms with Gasteiger partial charge in [0.25, 0.3) is 5.91 Å². The van der Waals surface area contributed by atoms with Crippen molar-refractivity contribution in [2.75, 3.05) is 32.1 Å². The molecule has 0 spiro atoms. The third-order valence-corrected chi connectivity index (χ3v) is 4.81. The molecule has 3 rings (SSSR count). The van der Waals surface area contributed by atoms with Crippen LogP contribution in [-0.4, -0.2) is 37.6 Å². The fraction of sp³-hybridized carbons (Fsp3) is 0.409. The number of carbonyl (C=O) groups excluding carboxylic acids is 1. The Labute approximate surface area is 161 Å². The zero-order valence-electron chi connectivity index (χ0n) is 16.1. The van der Waals surface area contributed by atoms with Crippen LogP contribution in [0.2, 0.25) is 0 Å². The van der Waals surface area contributed by atoms with Gasteiger partial charge < -0.3 is 14.8 Å². The number of nitrogens with one attached hydrogen (secondary N) is 1. The van der Waals surface area contributed by atoms with Crippen molar-refractivity contribution in [3.8, 4) is 11.5 Å². The normalized spacial score (nSPS) is 17.3. The van der Waals surface area contributed by atoms with Crippen molar-refractivity contribution in [1.29, 1.82) is 0 Å². The number of carbonyl (C=O) groups is 1. The van der Waals surface area contributed by atoms with E-state index in [9.17, 15) is 4.79 Å². The summed E-state index contributed by atoms with van der Waals surface area (Å²) in [5, 5.41) is 2.87. The Bertz CT molecular complexity index is 745. The van der Waals surface area contributed by atoms with Gasteiger partial charge in [0.1, 0.15) is 0 Å². The van der Waals surface area contributed by atoms with Gasteiger partial charge in [0.15, 0.2) is 18.1 Å². The van der Waals surface area contributed by atoms with Crippen LogP contribution < -0.4 is 14.8 Å². The van der Waals surface area contributed by atoms with E-state index >= 15 is 0 Å². The highest BCUT2D eigenvalue weighted by atomic mass is 16.5. The fourth-order valence-corrected chi connectivity index (χ4v) is 3.46. The van der Waals surface area contributed by atoms with Gasteiger partial charge in [-0.25, -0.2) is 0 Å². The molecule has 2 aromatic rings. The first-order valence-electron chi connectivity index (χ1n) is 9.51. The van der Waals surface area contributed by atoms with Crippen LogP contribution in [0.25, 0.3) is 0 Å². The number of amides is 1. The molecule has 1 N–H and O–H groups in total. The molecule has 0 radical (unpaired) electrons. The topological polar surface area (TPSA) is 50.8 Å². The van der Waals surface area contributed by atoms with Crippen LogP contribution in [0.1, 0.15) is 25.3 Å². The molecule has 5 heteroatoms. The number of hydrogen-bond acceptors (Lipinski definition) is 4. The van der Waals surface area contributed by atoms with E-state index in [0.717, 1.165) is 18.2 Å². The van der Waals surface area contributed by atoms with E-state index in [1.54, 1.807) is 19.2 Å². The van der Waals surface area contributed by atoms with Gasteiger partial charge in [0.05, 0.1) is 7.11 Å². The van der Waals surface area contributed by atoms with Gasteiger partial charge in [-0.1, -0.05) is 31.2 Å². The van der Waals surface area contributed by atoms with E-state index in [4.69, 9.17) is 9.47 Å². The number of likely N-dealkylation sites (tertiary alicyclic amines) is 1. The third kappa shape index (κ3) is 5.73. The summed E-state index contributed by atoms with van der Waals surface area (Å²) < 4.78 is 10.8. The summed E-state index contributed by atoms with van der Waals surface area (Å²) in [4.78, 5) is 14.6. The van der Waals surface area contributed by atoms with Crippen LogP contribution in [0.3, 0.4) is 0 Å². The van der Waals surface area contributed by atoms with E-state index in [1.165, 1.54) is 31.5 Å². The summed E-state index contributed by atoms with van der Waals surface area (Å²) in [6.07, 6.45) is 2.61. The molecule has 1 heterocycles. The zero-order chi connectivity index (χ0) is 19.1. The third-order valence-electron chi connectivity index (χ3n) is 4.81. The fourth-order valence-electron chi connectivity index (χ4n) is 3.46.